The molecular formula is C30H24N2O3. The number of hydrogen-bond acceptors (Lipinski definition) is 4. The maximum absolute atomic E-state index is 14.3. The van der Waals surface area contributed by atoms with Gasteiger partial charge < -0.3 is 10.4 Å². The smallest absolute Gasteiger partial charge is 0.250 e. The standard InChI is InChI=1S/C30H24N2O3/c33-22-17-15-19(16-18-22)25-26(28(34)21-11-5-2-6-12-21)30(32-27(25)20-9-3-1-4-10-20)23-13-7-8-14-24(23)31-29(30)35/h1-18,25-27,32-33H,(H,31,35)/t25-,26+,27+,30-/m1/s1. The van der Waals surface area contributed by atoms with Gasteiger partial charge in [-0.25, -0.2) is 0 Å². The summed E-state index contributed by atoms with van der Waals surface area (Å²) < 4.78 is 0. The van der Waals surface area contributed by atoms with Gasteiger partial charge in [-0.05, 0) is 29.3 Å². The summed E-state index contributed by atoms with van der Waals surface area (Å²) in [6, 6.07) is 33.3. The Morgan fingerprint density at radius 3 is 2.09 bits per heavy atom. The minimum Gasteiger partial charge on any atom is -0.508 e. The number of carbonyl (C=O) groups is 2. The maximum atomic E-state index is 14.3. The minimum atomic E-state index is -1.24. The van der Waals surface area contributed by atoms with Crippen LogP contribution in [-0.2, 0) is 10.3 Å². The summed E-state index contributed by atoms with van der Waals surface area (Å²) in [6.45, 7) is 0. The first kappa shape index (κ1) is 21.3. The van der Waals surface area contributed by atoms with Crippen LogP contribution < -0.4 is 10.6 Å². The van der Waals surface area contributed by atoms with Crippen LogP contribution in [0.5, 0.6) is 5.75 Å². The zero-order valence-corrected chi connectivity index (χ0v) is 18.9. The Morgan fingerprint density at radius 1 is 0.743 bits per heavy atom. The molecule has 5 heteroatoms. The summed E-state index contributed by atoms with van der Waals surface area (Å²) in [5.74, 6) is -1.25. The Balaban J connectivity index is 1.62. The maximum Gasteiger partial charge on any atom is 0.250 e. The van der Waals surface area contributed by atoms with Gasteiger partial charge in [0.2, 0.25) is 5.91 Å². The van der Waals surface area contributed by atoms with Crippen LogP contribution in [0.2, 0.25) is 0 Å². The molecule has 1 fully saturated rings. The van der Waals surface area contributed by atoms with E-state index in [4.69, 9.17) is 0 Å². The molecule has 0 aromatic heterocycles. The van der Waals surface area contributed by atoms with E-state index in [-0.39, 0.29) is 29.4 Å². The van der Waals surface area contributed by atoms with Gasteiger partial charge in [0.05, 0.1) is 5.92 Å². The average molecular weight is 461 g/mol. The molecule has 2 aliphatic rings. The van der Waals surface area contributed by atoms with Gasteiger partial charge in [-0.2, -0.15) is 0 Å². The number of phenolic OH excluding ortho intramolecular Hbond substituents is 1. The number of benzene rings is 4. The van der Waals surface area contributed by atoms with E-state index in [1.165, 1.54) is 0 Å². The van der Waals surface area contributed by atoms with Crippen LogP contribution in [-0.4, -0.2) is 16.8 Å². The lowest BCUT2D eigenvalue weighted by Crippen LogP contribution is -2.50. The first-order valence-corrected chi connectivity index (χ1v) is 11.7. The number of nitrogens with one attached hydrogen (secondary N) is 2. The number of hydrogen-bond donors (Lipinski definition) is 3. The number of phenols is 1. The largest absolute Gasteiger partial charge is 0.508 e. The number of aromatic hydroxyl groups is 1. The number of para-hydroxylation sites is 1. The van der Waals surface area contributed by atoms with Crippen LogP contribution in [0.4, 0.5) is 5.69 Å². The van der Waals surface area contributed by atoms with Gasteiger partial charge in [0.15, 0.2) is 5.78 Å². The molecule has 5 nitrogen and oxygen atoms in total. The van der Waals surface area contributed by atoms with Crippen LogP contribution in [0.25, 0.3) is 0 Å². The summed E-state index contributed by atoms with van der Waals surface area (Å²) in [4.78, 5) is 28.2. The molecule has 35 heavy (non-hydrogen) atoms. The van der Waals surface area contributed by atoms with Crippen molar-refractivity contribution in [1.82, 2.24) is 5.32 Å². The van der Waals surface area contributed by atoms with Crippen molar-refractivity contribution < 1.29 is 14.7 Å². The predicted octanol–water partition coefficient (Wildman–Crippen LogP) is 5.17. The third-order valence-electron chi connectivity index (χ3n) is 7.30. The lowest BCUT2D eigenvalue weighted by molar-refractivity contribution is -0.122. The Bertz CT molecular complexity index is 1400. The molecule has 1 spiro atoms. The quantitative estimate of drug-likeness (QED) is 0.367. The van der Waals surface area contributed by atoms with E-state index in [1.54, 1.807) is 24.3 Å². The van der Waals surface area contributed by atoms with E-state index >= 15 is 0 Å². The van der Waals surface area contributed by atoms with Crippen LogP contribution in [0.3, 0.4) is 0 Å². The van der Waals surface area contributed by atoms with Crippen LogP contribution in [0.1, 0.15) is 39.0 Å². The molecule has 6 rings (SSSR count). The van der Waals surface area contributed by atoms with Crippen molar-refractivity contribution in [2.75, 3.05) is 5.32 Å². The fraction of sp³-hybridized carbons (Fsp3) is 0.133. The number of rotatable bonds is 4. The molecule has 4 aromatic carbocycles. The second-order valence-corrected chi connectivity index (χ2v) is 9.17. The highest BCUT2D eigenvalue weighted by molar-refractivity contribution is 6.12. The molecule has 0 saturated carbocycles. The summed E-state index contributed by atoms with van der Waals surface area (Å²) in [7, 11) is 0. The zero-order valence-electron chi connectivity index (χ0n) is 18.9. The Labute approximate surface area is 203 Å². The highest BCUT2D eigenvalue weighted by atomic mass is 16.3. The van der Waals surface area contributed by atoms with E-state index in [1.807, 2.05) is 84.9 Å². The summed E-state index contributed by atoms with van der Waals surface area (Å²) >= 11 is 0. The number of Topliss-reactive ketones (excluding diaryl/α,β-unsaturated/α-hetero) is 1. The van der Waals surface area contributed by atoms with Gasteiger partial charge in [-0.15, -0.1) is 0 Å². The van der Waals surface area contributed by atoms with Gasteiger partial charge >= 0.3 is 0 Å². The lowest BCUT2D eigenvalue weighted by atomic mass is 9.69. The van der Waals surface area contributed by atoms with E-state index in [2.05, 4.69) is 10.6 Å². The molecule has 4 aromatic rings. The monoisotopic (exact) mass is 460 g/mol. The zero-order chi connectivity index (χ0) is 24.0. The van der Waals surface area contributed by atoms with Gasteiger partial charge in [0.1, 0.15) is 11.3 Å². The van der Waals surface area contributed by atoms with Crippen molar-refractivity contribution in [3.05, 3.63) is 131 Å². The fourth-order valence-corrected chi connectivity index (χ4v) is 5.79. The summed E-state index contributed by atoms with van der Waals surface area (Å²) in [5.41, 5.74) is 2.69. The Morgan fingerprint density at radius 2 is 1.37 bits per heavy atom. The second kappa shape index (κ2) is 8.22. The average Bonchev–Trinajstić information content (AvgIpc) is 3.41. The molecule has 4 atom stereocenters. The molecule has 2 aliphatic heterocycles. The van der Waals surface area contributed by atoms with Crippen LogP contribution >= 0.6 is 0 Å². The van der Waals surface area contributed by atoms with Crippen LogP contribution in [0, 0.1) is 5.92 Å². The van der Waals surface area contributed by atoms with Crippen molar-refractivity contribution in [1.29, 1.82) is 0 Å². The Kier molecular flexibility index (Phi) is 5.01. The van der Waals surface area contributed by atoms with Crippen molar-refractivity contribution in [3.63, 3.8) is 0 Å². The highest BCUT2D eigenvalue weighted by Gasteiger charge is 2.64. The molecule has 0 unspecified atom stereocenters. The van der Waals surface area contributed by atoms with Gasteiger partial charge in [0, 0.05) is 28.8 Å². The van der Waals surface area contributed by atoms with Crippen molar-refractivity contribution >= 4 is 17.4 Å². The number of carbonyl (C=O) groups excluding carboxylic acids is 2. The van der Waals surface area contributed by atoms with Crippen molar-refractivity contribution in [2.24, 2.45) is 5.92 Å². The molecule has 2 heterocycles. The molecule has 0 bridgehead atoms. The summed E-state index contributed by atoms with van der Waals surface area (Å²) in [6.07, 6.45) is 0. The molecule has 3 N–H and O–H groups in total. The number of amides is 1. The van der Waals surface area contributed by atoms with Gasteiger partial charge in [0.25, 0.3) is 0 Å². The second-order valence-electron chi connectivity index (χ2n) is 9.17. The predicted molar refractivity (Wildman–Crippen MR) is 134 cm³/mol. The molecule has 172 valence electrons. The van der Waals surface area contributed by atoms with Crippen molar-refractivity contribution in [2.45, 2.75) is 17.5 Å². The molecule has 0 radical (unpaired) electrons. The number of ketones is 1. The molecule has 0 aliphatic carbocycles. The third kappa shape index (κ3) is 3.27. The first-order chi connectivity index (χ1) is 17.1. The van der Waals surface area contributed by atoms with E-state index in [0.29, 0.717) is 11.3 Å². The van der Waals surface area contributed by atoms with E-state index in [9.17, 15) is 14.7 Å². The lowest BCUT2D eigenvalue weighted by Gasteiger charge is -2.31. The number of fused-ring (bicyclic) bond motifs is 2. The fourth-order valence-electron chi connectivity index (χ4n) is 5.79. The third-order valence-corrected chi connectivity index (χ3v) is 7.30. The number of anilines is 1. The highest BCUT2D eigenvalue weighted by Crippen LogP contribution is 2.57. The molecule has 1 saturated heterocycles. The topological polar surface area (TPSA) is 78.4 Å². The summed E-state index contributed by atoms with van der Waals surface area (Å²) in [5, 5.41) is 16.6. The Hall–Kier alpha value is -4.22. The molecular weight excluding hydrogens is 436 g/mol. The van der Waals surface area contributed by atoms with E-state index in [0.717, 1.165) is 16.7 Å². The van der Waals surface area contributed by atoms with Crippen LogP contribution in [0.15, 0.2) is 109 Å². The van der Waals surface area contributed by atoms with E-state index < -0.39 is 11.5 Å². The minimum absolute atomic E-state index is 0.0959. The normalized spacial score (nSPS) is 24.8. The molecule has 1 amide bonds. The first-order valence-electron chi connectivity index (χ1n) is 11.7. The van der Waals surface area contributed by atoms with Gasteiger partial charge in [-0.3, -0.25) is 14.9 Å². The SMILES string of the molecule is O=C(c1ccccc1)[C@@H]1[C@@H](c2ccc(O)cc2)[C@H](c2ccccc2)N[C@@]12C(=O)Nc1ccccc12. The van der Waals surface area contributed by atoms with Gasteiger partial charge in [-0.1, -0.05) is 91.0 Å². The van der Waals surface area contributed by atoms with Crippen molar-refractivity contribution in [3.8, 4) is 5.75 Å².